The molecule has 0 aromatic carbocycles. The molecule has 38 heavy (non-hydrogen) atoms. The van der Waals surface area contributed by atoms with E-state index < -0.39 is 28.8 Å². The van der Waals surface area contributed by atoms with Crippen LogP contribution in [0.5, 0.6) is 0 Å². The number of carbonyl (C=O) groups is 2. The average molecular weight is 525 g/mol. The van der Waals surface area contributed by atoms with E-state index in [0.29, 0.717) is 6.42 Å². The molecule has 0 aromatic rings. The predicted octanol–water partition coefficient (Wildman–Crippen LogP) is 4.83. The summed E-state index contributed by atoms with van der Waals surface area (Å²) in [5.74, 6) is -0.501. The first-order chi connectivity index (χ1) is 17.5. The summed E-state index contributed by atoms with van der Waals surface area (Å²) >= 11 is 0. The molecule has 9 atom stereocenters. The average Bonchev–Trinajstić information content (AvgIpc) is 2.83. The molecule has 0 radical (unpaired) electrons. The molecular formula is C31H44N2O5. The van der Waals surface area contributed by atoms with Gasteiger partial charge in [0.2, 0.25) is 0 Å². The van der Waals surface area contributed by atoms with E-state index in [1.165, 1.54) is 7.11 Å². The second kappa shape index (κ2) is 8.17. The van der Waals surface area contributed by atoms with E-state index in [4.69, 9.17) is 4.74 Å². The van der Waals surface area contributed by atoms with Crippen molar-refractivity contribution in [2.24, 2.45) is 39.4 Å². The molecule has 0 aliphatic heterocycles. The van der Waals surface area contributed by atoms with Crippen LogP contribution in [0.1, 0.15) is 86.5 Å². The molecule has 1 amide bonds. The lowest BCUT2D eigenvalue weighted by atomic mass is 9.35. The van der Waals surface area contributed by atoms with Gasteiger partial charge in [-0.25, -0.2) is 4.79 Å². The van der Waals surface area contributed by atoms with Gasteiger partial charge in [0.05, 0.1) is 24.4 Å². The number of nitrogens with zero attached hydrogens (tertiary/aromatic N) is 1. The minimum Gasteiger partial charge on any atom is -0.453 e. The van der Waals surface area contributed by atoms with Gasteiger partial charge in [0.1, 0.15) is 6.10 Å². The van der Waals surface area contributed by atoms with E-state index in [1.54, 1.807) is 6.92 Å². The summed E-state index contributed by atoms with van der Waals surface area (Å²) in [6, 6.07) is 2.11. The standard InChI is InChI=1S/C31H44N2O5/c1-26(2)10-12-31(33-25(36)38-7)13-11-29(5)23(19(31)16-26)20(34)14-22-27(3)15-18(17-32)24(35)30(6,37)21(27)8-9-28(22,29)4/h14-15,19,21,23-24,35,37H,8-13,16H2,1-7H3,(H,33,36)/t19?,21-,23?,24?,27+,28-,29-,30+,31+/m1/s1. The van der Waals surface area contributed by atoms with Crippen molar-refractivity contribution in [3.63, 3.8) is 0 Å². The van der Waals surface area contributed by atoms with Gasteiger partial charge in [-0.2, -0.15) is 5.26 Å². The first-order valence-electron chi connectivity index (χ1n) is 14.2. The van der Waals surface area contributed by atoms with Crippen molar-refractivity contribution >= 4 is 11.9 Å². The molecule has 0 aromatic heterocycles. The number of hydrogen-bond donors (Lipinski definition) is 3. The van der Waals surface area contributed by atoms with E-state index in [-0.39, 0.29) is 45.4 Å². The predicted molar refractivity (Wildman–Crippen MR) is 143 cm³/mol. The molecule has 7 heteroatoms. The van der Waals surface area contributed by atoms with Gasteiger partial charge in [0.25, 0.3) is 0 Å². The van der Waals surface area contributed by atoms with Crippen molar-refractivity contribution < 1.29 is 24.5 Å². The molecule has 5 aliphatic rings. The summed E-state index contributed by atoms with van der Waals surface area (Å²) in [6.07, 6.45) is 7.65. The largest absolute Gasteiger partial charge is 0.453 e. The quantitative estimate of drug-likeness (QED) is 0.452. The Labute approximate surface area is 226 Å². The summed E-state index contributed by atoms with van der Waals surface area (Å²) in [7, 11) is 1.39. The third kappa shape index (κ3) is 3.38. The normalized spacial score (nSPS) is 49.1. The minimum atomic E-state index is -1.48. The van der Waals surface area contributed by atoms with Crippen LogP contribution in [0.25, 0.3) is 0 Å². The molecule has 7 nitrogen and oxygen atoms in total. The number of carbonyl (C=O) groups excluding carboxylic acids is 2. The maximum atomic E-state index is 14.4. The van der Waals surface area contributed by atoms with Crippen molar-refractivity contribution in [2.45, 2.75) is 104 Å². The zero-order valence-corrected chi connectivity index (χ0v) is 24.0. The second-order valence-corrected chi connectivity index (χ2v) is 14.6. The number of ether oxygens (including phenoxy) is 1. The number of hydrogen-bond acceptors (Lipinski definition) is 6. The third-order valence-electron chi connectivity index (χ3n) is 12.3. The Morgan fingerprint density at radius 1 is 1.11 bits per heavy atom. The Kier molecular flexibility index (Phi) is 5.89. The number of nitrogens with one attached hydrogen (secondary N) is 1. The van der Waals surface area contributed by atoms with Crippen LogP contribution in [0.3, 0.4) is 0 Å². The minimum absolute atomic E-state index is 0.0155. The first kappa shape index (κ1) is 27.4. The number of aliphatic hydroxyl groups is 2. The van der Waals surface area contributed by atoms with Crippen molar-refractivity contribution in [3.05, 3.63) is 23.3 Å². The fraction of sp³-hybridized carbons (Fsp3) is 0.774. The smallest absolute Gasteiger partial charge is 0.407 e. The molecule has 208 valence electrons. The topological polar surface area (TPSA) is 120 Å². The van der Waals surface area contributed by atoms with Gasteiger partial charge in [-0.05, 0) is 80.1 Å². The van der Waals surface area contributed by atoms with Crippen molar-refractivity contribution in [1.29, 1.82) is 5.26 Å². The summed E-state index contributed by atoms with van der Waals surface area (Å²) in [6.45, 7) is 12.7. The van der Waals surface area contributed by atoms with Gasteiger partial charge < -0.3 is 20.3 Å². The number of methoxy groups -OCH3 is 1. The van der Waals surface area contributed by atoms with Gasteiger partial charge in [-0.1, -0.05) is 46.3 Å². The number of amides is 1. The summed E-state index contributed by atoms with van der Waals surface area (Å²) in [5, 5.41) is 35.4. The highest BCUT2D eigenvalue weighted by Gasteiger charge is 2.70. The van der Waals surface area contributed by atoms with Crippen molar-refractivity contribution in [3.8, 4) is 6.07 Å². The SMILES string of the molecule is COC(=O)N[C@]12CCC(C)(C)CC1C1C(=O)C=C3[C@@]4(C)C=C(C#N)C(O)[C@@](C)(O)[C@@H]4CC[C@@]3(C)[C@]1(C)CC2. The molecule has 3 unspecified atom stereocenters. The number of fused-ring (bicyclic) bond motifs is 7. The monoisotopic (exact) mass is 524 g/mol. The van der Waals surface area contributed by atoms with Crippen molar-refractivity contribution in [2.75, 3.05) is 7.11 Å². The van der Waals surface area contributed by atoms with Crippen LogP contribution >= 0.6 is 0 Å². The van der Waals surface area contributed by atoms with Crippen LogP contribution in [0.4, 0.5) is 4.79 Å². The molecule has 3 fully saturated rings. The van der Waals surface area contributed by atoms with Gasteiger partial charge in [0, 0.05) is 22.8 Å². The Bertz CT molecular complexity index is 1180. The third-order valence-corrected chi connectivity index (χ3v) is 12.3. The molecule has 0 spiro atoms. The Morgan fingerprint density at radius 2 is 1.76 bits per heavy atom. The highest BCUT2D eigenvalue weighted by atomic mass is 16.5. The van der Waals surface area contributed by atoms with Crippen LogP contribution in [-0.2, 0) is 9.53 Å². The number of nitriles is 1. The fourth-order valence-electron chi connectivity index (χ4n) is 9.94. The van der Waals surface area contributed by atoms with E-state index in [1.807, 2.05) is 19.1 Å². The molecule has 5 rings (SSSR count). The number of rotatable bonds is 1. The fourth-order valence-corrected chi connectivity index (χ4v) is 9.94. The van der Waals surface area contributed by atoms with Gasteiger partial charge in [-0.3, -0.25) is 4.79 Å². The molecule has 0 saturated heterocycles. The Hall–Kier alpha value is -2.17. The summed E-state index contributed by atoms with van der Waals surface area (Å²) in [4.78, 5) is 26.9. The van der Waals surface area contributed by atoms with Gasteiger partial charge in [-0.15, -0.1) is 0 Å². The van der Waals surface area contributed by atoms with Crippen molar-refractivity contribution in [1.82, 2.24) is 5.32 Å². The molecular weight excluding hydrogens is 480 g/mol. The molecule has 0 bridgehead atoms. The van der Waals surface area contributed by atoms with Gasteiger partial charge in [0.15, 0.2) is 5.78 Å². The number of aliphatic hydroxyl groups excluding tert-OH is 1. The van der Waals surface area contributed by atoms with E-state index in [9.17, 15) is 25.1 Å². The lowest BCUT2D eigenvalue weighted by molar-refractivity contribution is -0.171. The second-order valence-electron chi connectivity index (χ2n) is 14.6. The van der Waals surface area contributed by atoms with Crippen LogP contribution in [-0.4, -0.2) is 46.4 Å². The maximum Gasteiger partial charge on any atom is 0.407 e. The maximum absolute atomic E-state index is 14.4. The highest BCUT2D eigenvalue weighted by molar-refractivity contribution is 5.95. The van der Waals surface area contributed by atoms with Crippen LogP contribution in [0.15, 0.2) is 23.3 Å². The molecule has 0 heterocycles. The van der Waals surface area contributed by atoms with Crippen LogP contribution in [0.2, 0.25) is 0 Å². The summed E-state index contributed by atoms with van der Waals surface area (Å²) < 4.78 is 5.04. The highest BCUT2D eigenvalue weighted by Crippen LogP contribution is 2.72. The zero-order chi connectivity index (χ0) is 28.1. The van der Waals surface area contributed by atoms with Gasteiger partial charge >= 0.3 is 6.09 Å². The number of allylic oxidation sites excluding steroid dienone is 3. The van der Waals surface area contributed by atoms with E-state index in [0.717, 1.165) is 44.1 Å². The van der Waals surface area contributed by atoms with E-state index in [2.05, 4.69) is 39.1 Å². The van der Waals surface area contributed by atoms with E-state index >= 15 is 0 Å². The molecule has 3 saturated carbocycles. The van der Waals surface area contributed by atoms with Crippen LogP contribution in [0, 0.1) is 50.7 Å². The summed E-state index contributed by atoms with van der Waals surface area (Å²) in [5.41, 5.74) is -2.17. The number of ketones is 1. The lowest BCUT2D eigenvalue weighted by Gasteiger charge is -2.69. The zero-order valence-electron chi connectivity index (χ0n) is 24.0. The van der Waals surface area contributed by atoms with Crippen LogP contribution < -0.4 is 5.32 Å². The number of alkyl carbamates (subject to hydrolysis) is 1. The Balaban J connectivity index is 1.67. The first-order valence-corrected chi connectivity index (χ1v) is 14.2. The molecule has 5 aliphatic carbocycles. The Morgan fingerprint density at radius 3 is 2.39 bits per heavy atom. The lowest BCUT2D eigenvalue weighted by Crippen LogP contribution is -2.70. The molecule has 3 N–H and O–H groups in total.